The van der Waals surface area contributed by atoms with Gasteiger partial charge in [0.15, 0.2) is 5.96 Å². The third-order valence-corrected chi connectivity index (χ3v) is 3.40. The molecule has 0 fully saturated rings. The summed E-state index contributed by atoms with van der Waals surface area (Å²) < 4.78 is 0. The topological polar surface area (TPSA) is 63.3 Å². The van der Waals surface area contributed by atoms with Crippen LogP contribution in [-0.2, 0) is 12.8 Å². The molecule has 118 valence electrons. The van der Waals surface area contributed by atoms with Gasteiger partial charge in [0.25, 0.3) is 0 Å². The number of nitrogens with zero attached hydrogens (tertiary/aromatic N) is 2. The first kappa shape index (κ1) is 18.7. The van der Waals surface area contributed by atoms with Crippen LogP contribution < -0.4 is 11.1 Å². The molecule has 1 aromatic heterocycles. The first-order valence-corrected chi connectivity index (χ1v) is 7.30. The van der Waals surface area contributed by atoms with Crippen LogP contribution in [0.5, 0.6) is 0 Å². The van der Waals surface area contributed by atoms with Crippen LogP contribution in [0.3, 0.4) is 0 Å². The average molecular weight is 431 g/mol. The number of nitrogens with one attached hydrogen (secondary N) is 1. The maximum absolute atomic E-state index is 6.09. The van der Waals surface area contributed by atoms with Crippen molar-refractivity contribution >= 4 is 41.5 Å². The molecule has 22 heavy (non-hydrogen) atoms. The van der Waals surface area contributed by atoms with Gasteiger partial charge in [-0.05, 0) is 30.2 Å². The summed E-state index contributed by atoms with van der Waals surface area (Å²) in [6.45, 7) is 1.34. The third-order valence-electron chi connectivity index (χ3n) is 3.03. The standard InChI is InChI=1S/C16H19ClN4.HI/c17-15-7-2-1-5-13(15)8-11-20-16(18)21-12-9-14-6-3-4-10-19-14;/h1-7,10H,8-9,11-12H2,(H3,18,20,21);1H. The molecular weight excluding hydrogens is 411 g/mol. The minimum Gasteiger partial charge on any atom is -0.370 e. The SMILES string of the molecule is I.NC(=NCCc1ccccn1)NCCc1ccccc1Cl. The van der Waals surface area contributed by atoms with E-state index < -0.39 is 0 Å². The second kappa shape index (κ2) is 10.4. The summed E-state index contributed by atoms with van der Waals surface area (Å²) in [7, 11) is 0. The highest BCUT2D eigenvalue weighted by Crippen LogP contribution is 2.14. The second-order valence-corrected chi connectivity index (χ2v) is 5.01. The predicted octanol–water partition coefficient (Wildman–Crippen LogP) is 3.04. The third kappa shape index (κ3) is 6.62. The molecule has 0 bridgehead atoms. The van der Waals surface area contributed by atoms with Crippen molar-refractivity contribution in [3.8, 4) is 0 Å². The van der Waals surface area contributed by atoms with E-state index in [1.807, 2.05) is 42.5 Å². The molecule has 0 saturated heterocycles. The zero-order valence-electron chi connectivity index (χ0n) is 12.2. The van der Waals surface area contributed by atoms with Gasteiger partial charge in [0.05, 0.1) is 0 Å². The van der Waals surface area contributed by atoms with Crippen molar-refractivity contribution in [3.63, 3.8) is 0 Å². The molecule has 1 heterocycles. The fourth-order valence-corrected chi connectivity index (χ4v) is 2.15. The molecule has 0 amide bonds. The Morgan fingerprint density at radius 1 is 1.14 bits per heavy atom. The molecule has 0 aliphatic carbocycles. The Morgan fingerprint density at radius 2 is 1.91 bits per heavy atom. The summed E-state index contributed by atoms with van der Waals surface area (Å²) in [6.07, 6.45) is 3.38. The van der Waals surface area contributed by atoms with Crippen LogP contribution in [0.4, 0.5) is 0 Å². The molecule has 0 aliphatic heterocycles. The Balaban J connectivity index is 0.00000242. The van der Waals surface area contributed by atoms with Crippen LogP contribution in [0.25, 0.3) is 0 Å². The fraction of sp³-hybridized carbons (Fsp3) is 0.250. The van der Waals surface area contributed by atoms with E-state index in [2.05, 4.69) is 15.3 Å². The monoisotopic (exact) mass is 430 g/mol. The van der Waals surface area contributed by atoms with Crippen LogP contribution >= 0.6 is 35.6 Å². The number of halogens is 2. The van der Waals surface area contributed by atoms with Crippen molar-refractivity contribution in [1.82, 2.24) is 10.3 Å². The summed E-state index contributed by atoms with van der Waals surface area (Å²) in [5, 5.41) is 3.88. The van der Waals surface area contributed by atoms with Gasteiger partial charge in [-0.1, -0.05) is 35.9 Å². The normalized spacial score (nSPS) is 10.9. The number of hydrogen-bond acceptors (Lipinski definition) is 2. The Kier molecular flexibility index (Phi) is 8.84. The summed E-state index contributed by atoms with van der Waals surface area (Å²) >= 11 is 6.09. The van der Waals surface area contributed by atoms with E-state index in [4.69, 9.17) is 17.3 Å². The lowest BCUT2D eigenvalue weighted by Crippen LogP contribution is -2.33. The van der Waals surface area contributed by atoms with Gasteiger partial charge >= 0.3 is 0 Å². The molecular formula is C16H20ClIN4. The van der Waals surface area contributed by atoms with Crippen LogP contribution in [0.1, 0.15) is 11.3 Å². The highest BCUT2D eigenvalue weighted by Gasteiger charge is 1.99. The van der Waals surface area contributed by atoms with Crippen molar-refractivity contribution < 1.29 is 0 Å². The van der Waals surface area contributed by atoms with Gasteiger partial charge in [-0.3, -0.25) is 9.98 Å². The smallest absolute Gasteiger partial charge is 0.188 e. The molecule has 0 aliphatic rings. The van der Waals surface area contributed by atoms with Crippen LogP contribution in [-0.4, -0.2) is 24.0 Å². The minimum atomic E-state index is 0. The van der Waals surface area contributed by atoms with Crippen LogP contribution in [0, 0.1) is 0 Å². The highest BCUT2D eigenvalue weighted by molar-refractivity contribution is 14.0. The molecule has 0 atom stereocenters. The summed E-state index contributed by atoms with van der Waals surface area (Å²) in [5.74, 6) is 0.456. The van der Waals surface area contributed by atoms with E-state index in [9.17, 15) is 0 Å². The number of rotatable bonds is 6. The summed E-state index contributed by atoms with van der Waals surface area (Å²) in [4.78, 5) is 8.53. The molecule has 0 saturated carbocycles. The Bertz CT molecular complexity index is 590. The zero-order valence-corrected chi connectivity index (χ0v) is 15.3. The number of benzene rings is 1. The maximum atomic E-state index is 6.09. The number of nitrogens with two attached hydrogens (primary N) is 1. The molecule has 3 N–H and O–H groups in total. The van der Waals surface area contributed by atoms with Crippen LogP contribution in [0.2, 0.25) is 5.02 Å². The Morgan fingerprint density at radius 3 is 2.64 bits per heavy atom. The van der Waals surface area contributed by atoms with Crippen molar-refractivity contribution in [3.05, 3.63) is 64.9 Å². The molecule has 0 spiro atoms. The molecule has 0 unspecified atom stereocenters. The van der Waals surface area contributed by atoms with E-state index in [0.29, 0.717) is 19.0 Å². The predicted molar refractivity (Wildman–Crippen MR) is 103 cm³/mol. The first-order chi connectivity index (χ1) is 10.3. The molecule has 2 aromatic rings. The number of aliphatic imine (C=N–C) groups is 1. The summed E-state index contributed by atoms with van der Waals surface area (Å²) in [5.41, 5.74) is 7.95. The van der Waals surface area contributed by atoms with E-state index in [1.54, 1.807) is 6.20 Å². The number of guanidine groups is 1. The molecule has 0 radical (unpaired) electrons. The molecule has 6 heteroatoms. The molecule has 2 rings (SSSR count). The van der Waals surface area contributed by atoms with Crippen molar-refractivity contribution in [2.45, 2.75) is 12.8 Å². The summed E-state index contributed by atoms with van der Waals surface area (Å²) in [6, 6.07) is 13.7. The fourth-order valence-electron chi connectivity index (χ4n) is 1.92. The lowest BCUT2D eigenvalue weighted by atomic mass is 10.1. The van der Waals surface area contributed by atoms with E-state index in [-0.39, 0.29) is 24.0 Å². The van der Waals surface area contributed by atoms with Crippen molar-refractivity contribution in [2.75, 3.05) is 13.1 Å². The quantitative estimate of drug-likeness (QED) is 0.421. The van der Waals surface area contributed by atoms with E-state index >= 15 is 0 Å². The molecule has 1 aromatic carbocycles. The zero-order chi connectivity index (χ0) is 14.9. The van der Waals surface area contributed by atoms with Gasteiger partial charge in [-0.15, -0.1) is 24.0 Å². The van der Waals surface area contributed by atoms with Gasteiger partial charge in [0.1, 0.15) is 0 Å². The van der Waals surface area contributed by atoms with Gasteiger partial charge < -0.3 is 11.1 Å². The Labute approximate surface area is 153 Å². The average Bonchev–Trinajstić information content (AvgIpc) is 2.50. The van der Waals surface area contributed by atoms with Crippen molar-refractivity contribution in [2.24, 2.45) is 10.7 Å². The first-order valence-electron chi connectivity index (χ1n) is 6.93. The highest BCUT2D eigenvalue weighted by atomic mass is 127. The van der Waals surface area contributed by atoms with E-state index in [0.717, 1.165) is 29.1 Å². The van der Waals surface area contributed by atoms with Gasteiger partial charge in [-0.2, -0.15) is 0 Å². The molecule has 4 nitrogen and oxygen atoms in total. The van der Waals surface area contributed by atoms with E-state index in [1.165, 1.54) is 0 Å². The van der Waals surface area contributed by atoms with Gasteiger partial charge in [0, 0.05) is 36.4 Å². The number of hydrogen-bond donors (Lipinski definition) is 2. The number of pyridine rings is 1. The number of aromatic nitrogens is 1. The maximum Gasteiger partial charge on any atom is 0.188 e. The van der Waals surface area contributed by atoms with Gasteiger partial charge in [-0.25, -0.2) is 0 Å². The lowest BCUT2D eigenvalue weighted by molar-refractivity contribution is 0.840. The minimum absolute atomic E-state index is 0. The second-order valence-electron chi connectivity index (χ2n) is 4.61. The largest absolute Gasteiger partial charge is 0.370 e. The van der Waals surface area contributed by atoms with Gasteiger partial charge in [0.2, 0.25) is 0 Å². The van der Waals surface area contributed by atoms with Crippen molar-refractivity contribution in [1.29, 1.82) is 0 Å². The van der Waals surface area contributed by atoms with Crippen LogP contribution in [0.15, 0.2) is 53.7 Å². The lowest BCUT2D eigenvalue weighted by Gasteiger charge is -2.07. The Hall–Kier alpha value is -1.34.